The number of unbranched alkanes of at least 4 members (excludes halogenated alkanes) is 6. The van der Waals surface area contributed by atoms with Crippen LogP contribution in [0, 0.1) is 22.7 Å². The fourth-order valence-corrected chi connectivity index (χ4v) is 3.52. The molecule has 4 nitrogen and oxygen atoms in total. The first-order valence-corrected chi connectivity index (χ1v) is 10.8. The molecule has 0 spiro atoms. The second kappa shape index (κ2) is 13.0. The first-order valence-electron chi connectivity index (χ1n) is 9.22. The van der Waals surface area contributed by atoms with Crippen LogP contribution >= 0.6 is 31.9 Å². The predicted molar refractivity (Wildman–Crippen MR) is 111 cm³/mol. The zero-order valence-electron chi connectivity index (χ0n) is 15.5. The van der Waals surface area contributed by atoms with Crippen molar-refractivity contribution in [2.75, 3.05) is 13.2 Å². The standard InChI is InChI=1S/C20H26Br2N2O2/c1-3-5-7-9-11-25-19-15(13-23)16(14-24)20(18(22)17(19)21)26-12-10-8-6-4-2/h3-12H2,1-2H3. The van der Waals surface area contributed by atoms with Gasteiger partial charge >= 0.3 is 0 Å². The largest absolute Gasteiger partial charge is 0.491 e. The number of hydrogen-bond donors (Lipinski definition) is 0. The van der Waals surface area contributed by atoms with E-state index in [4.69, 9.17) is 9.47 Å². The minimum absolute atomic E-state index is 0.224. The summed E-state index contributed by atoms with van der Waals surface area (Å²) >= 11 is 6.98. The summed E-state index contributed by atoms with van der Waals surface area (Å²) < 4.78 is 12.9. The van der Waals surface area contributed by atoms with E-state index in [0.29, 0.717) is 33.7 Å². The Balaban J connectivity index is 2.99. The van der Waals surface area contributed by atoms with Gasteiger partial charge in [-0.2, -0.15) is 10.5 Å². The molecule has 142 valence electrons. The third-order valence-electron chi connectivity index (χ3n) is 4.01. The SMILES string of the molecule is CCCCCCOc1c(Br)c(Br)c(OCCCCCC)c(C#N)c1C#N. The van der Waals surface area contributed by atoms with E-state index in [1.54, 1.807) is 0 Å². The van der Waals surface area contributed by atoms with Gasteiger partial charge in [0.05, 0.1) is 22.2 Å². The van der Waals surface area contributed by atoms with Gasteiger partial charge in [0, 0.05) is 0 Å². The van der Waals surface area contributed by atoms with Crippen molar-refractivity contribution >= 4 is 31.9 Å². The molecule has 1 aromatic rings. The average Bonchev–Trinajstić information content (AvgIpc) is 2.65. The fraction of sp³-hybridized carbons (Fsp3) is 0.600. The summed E-state index contributed by atoms with van der Waals surface area (Å²) in [7, 11) is 0. The summed E-state index contributed by atoms with van der Waals surface area (Å²) in [6.45, 7) is 5.34. The molecular formula is C20H26Br2N2O2. The Morgan fingerprint density at radius 2 is 1.08 bits per heavy atom. The van der Waals surface area contributed by atoms with Crippen LogP contribution in [0.15, 0.2) is 8.95 Å². The zero-order valence-corrected chi connectivity index (χ0v) is 18.7. The van der Waals surface area contributed by atoms with Crippen molar-refractivity contribution in [3.05, 3.63) is 20.1 Å². The monoisotopic (exact) mass is 484 g/mol. The third-order valence-corrected chi connectivity index (χ3v) is 6.05. The maximum atomic E-state index is 9.58. The number of nitriles is 2. The van der Waals surface area contributed by atoms with Crippen LogP contribution in [-0.4, -0.2) is 13.2 Å². The van der Waals surface area contributed by atoms with Gasteiger partial charge in [0.2, 0.25) is 0 Å². The highest BCUT2D eigenvalue weighted by atomic mass is 79.9. The molecule has 6 heteroatoms. The molecule has 0 atom stereocenters. The van der Waals surface area contributed by atoms with Crippen LogP contribution in [0.5, 0.6) is 11.5 Å². The van der Waals surface area contributed by atoms with Crippen LogP contribution < -0.4 is 9.47 Å². The van der Waals surface area contributed by atoms with E-state index in [9.17, 15) is 10.5 Å². The van der Waals surface area contributed by atoms with E-state index in [1.165, 1.54) is 0 Å². The number of rotatable bonds is 12. The van der Waals surface area contributed by atoms with Crippen LogP contribution in [0.25, 0.3) is 0 Å². The van der Waals surface area contributed by atoms with E-state index in [2.05, 4.69) is 57.8 Å². The van der Waals surface area contributed by atoms with Crippen molar-refractivity contribution in [1.82, 2.24) is 0 Å². The van der Waals surface area contributed by atoms with Crippen molar-refractivity contribution in [1.29, 1.82) is 10.5 Å². The van der Waals surface area contributed by atoms with Gasteiger partial charge in [-0.05, 0) is 44.7 Å². The highest BCUT2D eigenvalue weighted by molar-refractivity contribution is 9.13. The fourth-order valence-electron chi connectivity index (χ4n) is 2.54. The molecule has 26 heavy (non-hydrogen) atoms. The van der Waals surface area contributed by atoms with Crippen molar-refractivity contribution in [2.24, 2.45) is 0 Å². The Kier molecular flexibility index (Phi) is 11.4. The van der Waals surface area contributed by atoms with E-state index < -0.39 is 0 Å². The minimum Gasteiger partial charge on any atom is -0.491 e. The molecule has 0 bridgehead atoms. The lowest BCUT2D eigenvalue weighted by atomic mass is 10.1. The van der Waals surface area contributed by atoms with Gasteiger partial charge in [0.1, 0.15) is 23.3 Å². The van der Waals surface area contributed by atoms with Crippen molar-refractivity contribution in [2.45, 2.75) is 65.2 Å². The van der Waals surface area contributed by atoms with Gasteiger partial charge in [-0.1, -0.05) is 52.4 Å². The molecule has 1 aromatic carbocycles. The number of benzene rings is 1. The number of hydrogen-bond acceptors (Lipinski definition) is 4. The van der Waals surface area contributed by atoms with Crippen molar-refractivity contribution in [3.8, 4) is 23.6 Å². The molecule has 0 fully saturated rings. The minimum atomic E-state index is 0.224. The number of nitrogens with zero attached hydrogens (tertiary/aromatic N) is 2. The third kappa shape index (κ3) is 6.49. The van der Waals surface area contributed by atoms with Crippen molar-refractivity contribution < 1.29 is 9.47 Å². The Labute approximate surface area is 173 Å². The van der Waals surface area contributed by atoms with E-state index >= 15 is 0 Å². The van der Waals surface area contributed by atoms with Gasteiger partial charge in [-0.25, -0.2) is 0 Å². The predicted octanol–water partition coefficient (Wildman–Crippen LogP) is 6.87. The molecule has 0 aliphatic carbocycles. The van der Waals surface area contributed by atoms with E-state index in [1.807, 2.05) is 0 Å². The molecule has 0 N–H and O–H groups in total. The molecule has 0 aliphatic rings. The molecule has 0 heterocycles. The topological polar surface area (TPSA) is 66.0 Å². The van der Waals surface area contributed by atoms with Crippen LogP contribution in [0.1, 0.15) is 76.3 Å². The quantitative estimate of drug-likeness (QED) is 0.303. The van der Waals surface area contributed by atoms with Gasteiger partial charge in [-0.3, -0.25) is 0 Å². The molecule has 0 saturated heterocycles. The van der Waals surface area contributed by atoms with Crippen LogP contribution in [0.2, 0.25) is 0 Å². The van der Waals surface area contributed by atoms with Gasteiger partial charge in [0.15, 0.2) is 11.5 Å². The summed E-state index contributed by atoms with van der Waals surface area (Å²) in [4.78, 5) is 0. The summed E-state index contributed by atoms with van der Waals surface area (Å²) in [5, 5.41) is 19.2. The molecule has 0 aliphatic heterocycles. The normalized spacial score (nSPS) is 10.2. The molecule has 0 aromatic heterocycles. The average molecular weight is 486 g/mol. The van der Waals surface area contributed by atoms with Gasteiger partial charge in [0.25, 0.3) is 0 Å². The molecule has 0 saturated carbocycles. The lowest BCUT2D eigenvalue weighted by Crippen LogP contribution is -2.06. The summed E-state index contributed by atoms with van der Waals surface area (Å²) in [5.41, 5.74) is 0.447. The van der Waals surface area contributed by atoms with Crippen molar-refractivity contribution in [3.63, 3.8) is 0 Å². The van der Waals surface area contributed by atoms with E-state index in [-0.39, 0.29) is 11.1 Å². The maximum Gasteiger partial charge on any atom is 0.154 e. The summed E-state index contributed by atoms with van der Waals surface area (Å²) in [5.74, 6) is 0.816. The maximum absolute atomic E-state index is 9.58. The summed E-state index contributed by atoms with van der Waals surface area (Å²) in [6, 6.07) is 4.22. The smallest absolute Gasteiger partial charge is 0.154 e. The second-order valence-electron chi connectivity index (χ2n) is 6.08. The van der Waals surface area contributed by atoms with E-state index in [0.717, 1.165) is 51.4 Å². The highest BCUT2D eigenvalue weighted by Crippen LogP contribution is 2.45. The molecule has 1 rings (SSSR count). The Hall–Kier alpha value is -1.24. The molecule has 0 amide bonds. The number of halogens is 2. The van der Waals surface area contributed by atoms with Gasteiger partial charge < -0.3 is 9.47 Å². The molecule has 0 radical (unpaired) electrons. The number of ether oxygens (including phenoxy) is 2. The Morgan fingerprint density at radius 3 is 1.38 bits per heavy atom. The lowest BCUT2D eigenvalue weighted by molar-refractivity contribution is 0.292. The first-order chi connectivity index (χ1) is 12.6. The highest BCUT2D eigenvalue weighted by Gasteiger charge is 2.24. The van der Waals surface area contributed by atoms with Gasteiger partial charge in [-0.15, -0.1) is 0 Å². The Bertz CT molecular complexity index is 606. The second-order valence-corrected chi connectivity index (χ2v) is 7.66. The molecular weight excluding hydrogens is 460 g/mol. The Morgan fingerprint density at radius 1 is 0.692 bits per heavy atom. The molecule has 0 unspecified atom stereocenters. The van der Waals surface area contributed by atoms with Crippen LogP contribution in [0.3, 0.4) is 0 Å². The van der Waals surface area contributed by atoms with Crippen LogP contribution in [0.4, 0.5) is 0 Å². The van der Waals surface area contributed by atoms with Crippen LogP contribution in [-0.2, 0) is 0 Å². The summed E-state index contributed by atoms with van der Waals surface area (Å²) in [6.07, 6.45) is 8.63. The zero-order chi connectivity index (χ0) is 19.4. The first kappa shape index (κ1) is 22.8. The lowest BCUT2D eigenvalue weighted by Gasteiger charge is -2.17.